The Kier molecular flexibility index (Phi) is 16.1. The Balaban J connectivity index is 0.830. The van der Waals surface area contributed by atoms with Crippen molar-refractivity contribution in [1.82, 2.24) is 22.8 Å². The van der Waals surface area contributed by atoms with E-state index in [1.54, 1.807) is 0 Å². The molecule has 7 heterocycles. The average Bonchev–Trinajstić information content (AvgIpc) is 0.843. The molecule has 0 saturated carbocycles. The molecule has 8 nitrogen and oxygen atoms in total. The molecule has 0 unspecified atom stereocenters. The topological polar surface area (TPSA) is 54.9 Å². The molecular weight excluding hydrogens is 1550 g/mol. The zero-order valence-corrected chi connectivity index (χ0v) is 70.6. The second-order valence-corrected chi connectivity index (χ2v) is 35.3. The zero-order valence-electron chi connectivity index (χ0n) is 70.6. The number of nitriles is 1. The van der Waals surface area contributed by atoms with Crippen LogP contribution in [0.5, 0.6) is 0 Å². The van der Waals surface area contributed by atoms with Crippen molar-refractivity contribution in [3.05, 3.63) is 436 Å². The Morgan fingerprint density at radius 3 is 0.992 bits per heavy atom. The van der Waals surface area contributed by atoms with Crippen molar-refractivity contribution in [1.29, 1.82) is 5.26 Å². The van der Waals surface area contributed by atoms with E-state index in [1.165, 1.54) is 54.1 Å². The van der Waals surface area contributed by atoms with Crippen LogP contribution < -0.4 is 26.2 Å². The number of aromatic nitrogens is 5. The smallest absolute Gasteiger partial charge is 0.252 e. The molecule has 9 heteroatoms. The van der Waals surface area contributed by atoms with E-state index >= 15 is 0 Å². The van der Waals surface area contributed by atoms with Gasteiger partial charge >= 0.3 is 0 Å². The lowest BCUT2D eigenvalue weighted by Crippen LogP contribution is -2.61. The molecule has 0 amide bonds. The van der Waals surface area contributed by atoms with Gasteiger partial charge in [0.1, 0.15) is 0 Å². The summed E-state index contributed by atoms with van der Waals surface area (Å²) >= 11 is 0. The maximum atomic E-state index is 10.7. The fourth-order valence-corrected chi connectivity index (χ4v) is 21.9. The monoisotopic (exact) mass is 1630 g/mol. The van der Waals surface area contributed by atoms with Gasteiger partial charge < -0.3 is 32.6 Å². The van der Waals surface area contributed by atoms with Gasteiger partial charge in [0.05, 0.1) is 101 Å². The molecule has 0 radical (unpaired) electrons. The molecule has 598 valence electrons. The Labute approximate surface area is 740 Å². The number of nitrogens with zero attached hydrogens (tertiary/aromatic N) is 8. The van der Waals surface area contributed by atoms with E-state index < -0.39 is 0 Å². The number of para-hydroxylation sites is 12. The van der Waals surface area contributed by atoms with Crippen LogP contribution in [0.1, 0.15) is 31.9 Å². The molecule has 2 aliphatic rings. The minimum Gasteiger partial charge on any atom is -0.311 e. The second kappa shape index (κ2) is 28.2. The maximum Gasteiger partial charge on any atom is 0.252 e. The summed E-state index contributed by atoms with van der Waals surface area (Å²) in [4.78, 5) is 5.29. The zero-order chi connectivity index (χ0) is 84.7. The molecule has 5 aromatic heterocycles. The third-order valence-electron chi connectivity index (χ3n) is 27.4. The van der Waals surface area contributed by atoms with Crippen LogP contribution in [0.3, 0.4) is 0 Å². The minimum atomic E-state index is -0.366. The van der Waals surface area contributed by atoms with E-state index in [4.69, 9.17) is 0 Å². The van der Waals surface area contributed by atoms with E-state index in [2.05, 4.69) is 478 Å². The van der Waals surface area contributed by atoms with Crippen LogP contribution in [0.4, 0.5) is 34.1 Å². The SMILES string of the molecule is CC(C)(C)c1ccc2c(c1)c1cc(C#N)ccc1n2-c1ccc2c(c1)N(c1ccccc1-c1ccccc1)c1cc(-c3cccc(-n4c5ccccc5c5ccccc54)c3-n3c4ccccc4c4ccccc43)cc3c1B2c1ccc(-c2cccc(-n4c5ccccc5c5ccccc54)c2-n2c4ccccc4c4ccccc42)cc1N3c1ccccc1-c1ccccc1. The van der Waals surface area contributed by atoms with Gasteiger partial charge in [-0.15, -0.1) is 0 Å². The van der Waals surface area contributed by atoms with Crippen LogP contribution >= 0.6 is 0 Å². The van der Waals surface area contributed by atoms with Crippen molar-refractivity contribution in [2.75, 3.05) is 9.80 Å². The summed E-state index contributed by atoms with van der Waals surface area (Å²) in [5, 5.41) is 22.3. The van der Waals surface area contributed by atoms with Crippen LogP contribution in [0.2, 0.25) is 0 Å². The normalized spacial score (nSPS) is 12.6. The molecule has 0 N–H and O–H groups in total. The lowest BCUT2D eigenvalue weighted by atomic mass is 9.33. The number of hydrogen-bond acceptors (Lipinski definition) is 3. The highest BCUT2D eigenvalue weighted by Crippen LogP contribution is 2.54. The Bertz CT molecular complexity index is 8650. The lowest BCUT2D eigenvalue weighted by Gasteiger charge is -2.45. The Morgan fingerprint density at radius 2 is 0.562 bits per heavy atom. The molecule has 26 rings (SSSR count). The van der Waals surface area contributed by atoms with E-state index in [9.17, 15) is 5.26 Å². The van der Waals surface area contributed by atoms with Crippen molar-refractivity contribution in [3.63, 3.8) is 0 Å². The molecule has 0 saturated heterocycles. The third-order valence-corrected chi connectivity index (χ3v) is 27.4. The highest BCUT2D eigenvalue weighted by molar-refractivity contribution is 7.00. The first-order valence-corrected chi connectivity index (χ1v) is 44.2. The van der Waals surface area contributed by atoms with Gasteiger partial charge in [-0.3, -0.25) is 0 Å². The third kappa shape index (κ3) is 10.8. The van der Waals surface area contributed by atoms with E-state index in [0.29, 0.717) is 5.56 Å². The summed E-state index contributed by atoms with van der Waals surface area (Å²) in [6.07, 6.45) is 0. The highest BCUT2D eigenvalue weighted by atomic mass is 15.2. The lowest BCUT2D eigenvalue weighted by molar-refractivity contribution is 0.591. The summed E-state index contributed by atoms with van der Waals surface area (Å²) in [5.74, 6) is 0. The van der Waals surface area contributed by atoms with Crippen LogP contribution in [0.25, 0.3) is 182 Å². The van der Waals surface area contributed by atoms with Crippen LogP contribution in [0.15, 0.2) is 425 Å². The van der Waals surface area contributed by atoms with Gasteiger partial charge in [0.2, 0.25) is 0 Å². The van der Waals surface area contributed by atoms with Crippen molar-refractivity contribution in [2.45, 2.75) is 26.2 Å². The van der Waals surface area contributed by atoms with Gasteiger partial charge in [-0.2, -0.15) is 5.26 Å². The van der Waals surface area contributed by atoms with E-state index in [1.807, 2.05) is 6.07 Å². The molecule has 0 bridgehead atoms. The standard InChI is InChI=1S/C119H79BN8/c1-119(2,3)80-62-67-109-95(72-80)94-68-75(74-121)60-66-108(94)122(109)81-63-65-97-113(73-81)126(99-49-21-11-37-83(99)77-34-8-5-9-35-77)115-71-79(85-47-31-59-111(124-102-52-24-14-40-88(102)89-41-15-25-53-103(89)124)118(85)128-106-56-28-18-44-92(106)93-45-19-29-57-107(93)128)70-114-116(115)120(97)96-64-61-78(69-112(96)125(114)98-48-20-10-36-82(98)76-32-6-4-7-33-76)84-46-30-58-110(123-100-50-22-12-38-86(100)87-39-13-23-51-101(87)123)117(84)127-104-54-26-16-42-90(104)91-43-17-27-55-105(91)127/h4-73H,1-3H3. The predicted octanol–water partition coefficient (Wildman–Crippen LogP) is 29.1. The minimum absolute atomic E-state index is 0.141. The first-order valence-electron chi connectivity index (χ1n) is 44.2. The van der Waals surface area contributed by atoms with Gasteiger partial charge in [-0.25, -0.2) is 0 Å². The summed E-state index contributed by atoms with van der Waals surface area (Å²) in [5.41, 5.74) is 36.3. The van der Waals surface area contributed by atoms with Gasteiger partial charge in [-0.1, -0.05) is 312 Å². The average molecular weight is 1630 g/mol. The van der Waals surface area contributed by atoms with Gasteiger partial charge in [0.25, 0.3) is 6.71 Å². The molecular formula is C119H79BN8. The van der Waals surface area contributed by atoms with Crippen molar-refractivity contribution >= 4 is 166 Å². The van der Waals surface area contributed by atoms with Crippen molar-refractivity contribution in [2.24, 2.45) is 0 Å². The molecule has 2 aliphatic heterocycles. The first-order chi connectivity index (χ1) is 63.2. The predicted molar refractivity (Wildman–Crippen MR) is 537 cm³/mol. The molecule has 128 heavy (non-hydrogen) atoms. The van der Waals surface area contributed by atoms with Crippen LogP contribution in [-0.4, -0.2) is 29.5 Å². The molecule has 0 aliphatic carbocycles. The molecule has 0 spiro atoms. The highest BCUT2D eigenvalue weighted by Gasteiger charge is 2.46. The maximum absolute atomic E-state index is 10.7. The van der Waals surface area contributed by atoms with Gasteiger partial charge in [0.15, 0.2) is 0 Å². The fourth-order valence-electron chi connectivity index (χ4n) is 21.9. The molecule has 0 atom stereocenters. The largest absolute Gasteiger partial charge is 0.311 e. The van der Waals surface area contributed by atoms with Gasteiger partial charge in [-0.05, 0) is 183 Å². The Hall–Kier alpha value is -16.7. The summed E-state index contributed by atoms with van der Waals surface area (Å²) < 4.78 is 12.6. The Morgan fingerprint density at radius 1 is 0.227 bits per heavy atom. The van der Waals surface area contributed by atoms with E-state index in [0.717, 1.165) is 184 Å². The van der Waals surface area contributed by atoms with Crippen molar-refractivity contribution < 1.29 is 0 Å². The summed E-state index contributed by atoms with van der Waals surface area (Å²) in [6.45, 7) is 6.48. The summed E-state index contributed by atoms with van der Waals surface area (Å²) in [6, 6.07) is 161. The number of fused-ring (bicyclic) bond motifs is 19. The van der Waals surface area contributed by atoms with Crippen LogP contribution in [-0.2, 0) is 5.41 Å². The first kappa shape index (κ1) is 72.9. The number of benzene rings is 19. The number of rotatable bonds is 11. The van der Waals surface area contributed by atoms with E-state index in [-0.39, 0.29) is 12.1 Å². The van der Waals surface area contributed by atoms with Crippen molar-refractivity contribution in [3.8, 4) is 79.0 Å². The molecule has 24 aromatic rings. The second-order valence-electron chi connectivity index (χ2n) is 35.3. The molecule has 19 aromatic carbocycles. The van der Waals surface area contributed by atoms with Gasteiger partial charge in [0, 0.05) is 105 Å². The van der Waals surface area contributed by atoms with Crippen LogP contribution in [0, 0.1) is 11.3 Å². The number of hydrogen-bond donors (Lipinski definition) is 0. The summed E-state index contributed by atoms with van der Waals surface area (Å²) in [7, 11) is 0. The fraction of sp³-hybridized carbons (Fsp3) is 0.0336. The quantitative estimate of drug-likeness (QED) is 0.121. The molecule has 0 fully saturated rings. The number of anilines is 6.